The van der Waals surface area contributed by atoms with E-state index < -0.39 is 11.6 Å². The quantitative estimate of drug-likeness (QED) is 0.533. The van der Waals surface area contributed by atoms with Gasteiger partial charge in [-0.3, -0.25) is 14.4 Å². The molecule has 0 rings (SSSR count). The van der Waals surface area contributed by atoms with Crippen molar-refractivity contribution < 1.29 is 24.2 Å². The maximum atomic E-state index is 11.4. The maximum absolute atomic E-state index is 11.4. The van der Waals surface area contributed by atoms with E-state index in [1.54, 1.807) is 20.8 Å². The molecule has 0 aliphatic rings. The van der Waals surface area contributed by atoms with Crippen LogP contribution in [0.5, 0.6) is 0 Å². The molecular weight excluding hydrogens is 236 g/mol. The average Bonchev–Trinajstić information content (AvgIpc) is 2.19. The Morgan fingerprint density at radius 1 is 0.944 bits per heavy atom. The van der Waals surface area contributed by atoms with Gasteiger partial charge in [0.05, 0.1) is 6.42 Å². The summed E-state index contributed by atoms with van der Waals surface area (Å²) in [5.41, 5.74) is -0.526. The molecule has 0 bridgehead atoms. The second-order valence-corrected chi connectivity index (χ2v) is 5.23. The van der Waals surface area contributed by atoms with Crippen LogP contribution in [0, 0.1) is 0 Å². The molecule has 0 saturated carbocycles. The first kappa shape index (κ1) is 16.6. The number of aliphatic carboxylic acids is 1. The van der Waals surface area contributed by atoms with Crippen LogP contribution < -0.4 is 0 Å². The number of rotatable bonds is 8. The van der Waals surface area contributed by atoms with Crippen LogP contribution in [0.3, 0.4) is 0 Å². The van der Waals surface area contributed by atoms with E-state index in [0.717, 1.165) is 0 Å². The highest BCUT2D eigenvalue weighted by Crippen LogP contribution is 2.10. The van der Waals surface area contributed by atoms with Crippen LogP contribution in [0.1, 0.15) is 59.3 Å². The maximum Gasteiger partial charge on any atom is 0.306 e. The summed E-state index contributed by atoms with van der Waals surface area (Å²) in [6.07, 6.45) is 1.72. The second-order valence-electron chi connectivity index (χ2n) is 5.23. The van der Waals surface area contributed by atoms with E-state index in [1.807, 2.05) is 0 Å². The van der Waals surface area contributed by atoms with Crippen LogP contribution in [-0.4, -0.2) is 28.4 Å². The third kappa shape index (κ3) is 11.1. The first-order chi connectivity index (χ1) is 8.20. The largest absolute Gasteiger partial charge is 0.481 e. The van der Waals surface area contributed by atoms with Gasteiger partial charge in [-0.15, -0.1) is 0 Å². The van der Waals surface area contributed by atoms with E-state index in [9.17, 15) is 14.4 Å². The fourth-order valence-electron chi connectivity index (χ4n) is 1.36. The van der Waals surface area contributed by atoms with Gasteiger partial charge in [-0.25, -0.2) is 0 Å². The summed E-state index contributed by atoms with van der Waals surface area (Å²) in [5.74, 6) is -1.25. The van der Waals surface area contributed by atoms with Gasteiger partial charge in [0.25, 0.3) is 0 Å². The number of carboxylic acid groups (broad SMARTS) is 1. The van der Waals surface area contributed by atoms with Crippen molar-refractivity contribution in [2.75, 3.05) is 0 Å². The third-order valence-electron chi connectivity index (χ3n) is 2.12. The van der Waals surface area contributed by atoms with Crippen molar-refractivity contribution in [3.8, 4) is 0 Å². The molecule has 0 aromatic heterocycles. The first-order valence-corrected chi connectivity index (χ1v) is 6.16. The van der Waals surface area contributed by atoms with Crippen LogP contribution >= 0.6 is 0 Å². The standard InChI is InChI=1S/C13H22O5/c1-13(2,3)18-12(17)9-8-10(14)6-4-5-7-11(15)16/h4-9H2,1-3H3,(H,15,16). The number of hydrogen-bond acceptors (Lipinski definition) is 4. The van der Waals surface area contributed by atoms with E-state index in [1.165, 1.54) is 0 Å². The summed E-state index contributed by atoms with van der Waals surface area (Å²) in [6, 6.07) is 0. The van der Waals surface area contributed by atoms with Crippen molar-refractivity contribution in [3.63, 3.8) is 0 Å². The van der Waals surface area contributed by atoms with Crippen molar-refractivity contribution in [1.29, 1.82) is 0 Å². The van der Waals surface area contributed by atoms with Crippen molar-refractivity contribution in [3.05, 3.63) is 0 Å². The first-order valence-electron chi connectivity index (χ1n) is 6.16. The van der Waals surface area contributed by atoms with Crippen molar-refractivity contribution in [2.45, 2.75) is 64.9 Å². The van der Waals surface area contributed by atoms with Gasteiger partial charge in [-0.1, -0.05) is 0 Å². The highest BCUT2D eigenvalue weighted by atomic mass is 16.6. The fourth-order valence-corrected chi connectivity index (χ4v) is 1.36. The zero-order chi connectivity index (χ0) is 14.2. The van der Waals surface area contributed by atoms with Gasteiger partial charge in [0, 0.05) is 19.3 Å². The summed E-state index contributed by atoms with van der Waals surface area (Å²) in [4.78, 5) is 33.0. The minimum absolute atomic E-state index is 0.0220. The van der Waals surface area contributed by atoms with Crippen molar-refractivity contribution >= 4 is 17.7 Å². The Bertz CT molecular complexity index is 301. The molecule has 104 valence electrons. The molecule has 0 unspecified atom stereocenters. The molecule has 0 saturated heterocycles. The Kier molecular flexibility index (Phi) is 7.24. The molecule has 5 nitrogen and oxygen atoms in total. The van der Waals surface area contributed by atoms with Crippen LogP contribution in [0.2, 0.25) is 0 Å². The van der Waals surface area contributed by atoms with E-state index in [0.29, 0.717) is 19.3 Å². The van der Waals surface area contributed by atoms with Crippen molar-refractivity contribution in [2.24, 2.45) is 0 Å². The lowest BCUT2D eigenvalue weighted by Gasteiger charge is -2.19. The molecule has 0 aromatic rings. The van der Waals surface area contributed by atoms with Gasteiger partial charge in [-0.05, 0) is 33.6 Å². The van der Waals surface area contributed by atoms with Gasteiger partial charge in [0.15, 0.2) is 0 Å². The van der Waals surface area contributed by atoms with Gasteiger partial charge in [0.2, 0.25) is 0 Å². The predicted molar refractivity (Wildman–Crippen MR) is 66.2 cm³/mol. The Balaban J connectivity index is 3.64. The third-order valence-corrected chi connectivity index (χ3v) is 2.12. The van der Waals surface area contributed by atoms with Crippen LogP contribution in [0.4, 0.5) is 0 Å². The summed E-state index contributed by atoms with van der Waals surface area (Å²) in [6.45, 7) is 5.33. The van der Waals surface area contributed by atoms with Crippen LogP contribution in [0.15, 0.2) is 0 Å². The van der Waals surface area contributed by atoms with E-state index in [4.69, 9.17) is 9.84 Å². The molecule has 0 atom stereocenters. The molecule has 0 aliphatic carbocycles. The number of esters is 1. The van der Waals surface area contributed by atoms with Crippen LogP contribution in [0.25, 0.3) is 0 Å². The van der Waals surface area contributed by atoms with E-state index in [-0.39, 0.29) is 31.0 Å². The molecule has 0 radical (unpaired) electrons. The fraction of sp³-hybridized carbons (Fsp3) is 0.769. The smallest absolute Gasteiger partial charge is 0.306 e. The van der Waals surface area contributed by atoms with E-state index in [2.05, 4.69) is 0 Å². The van der Waals surface area contributed by atoms with E-state index >= 15 is 0 Å². The summed E-state index contributed by atoms with van der Waals surface area (Å²) >= 11 is 0. The number of carbonyl (C=O) groups is 3. The molecule has 0 amide bonds. The minimum atomic E-state index is -0.851. The van der Waals surface area contributed by atoms with Gasteiger partial charge in [0.1, 0.15) is 11.4 Å². The highest BCUT2D eigenvalue weighted by molar-refractivity contribution is 5.83. The van der Waals surface area contributed by atoms with Crippen molar-refractivity contribution in [1.82, 2.24) is 0 Å². The van der Waals surface area contributed by atoms with Gasteiger partial charge < -0.3 is 9.84 Å². The Morgan fingerprint density at radius 2 is 1.50 bits per heavy atom. The lowest BCUT2D eigenvalue weighted by atomic mass is 10.1. The highest BCUT2D eigenvalue weighted by Gasteiger charge is 2.16. The molecule has 0 heterocycles. The van der Waals surface area contributed by atoms with Crippen LogP contribution in [-0.2, 0) is 19.1 Å². The Hall–Kier alpha value is -1.39. The number of carbonyl (C=O) groups excluding carboxylic acids is 2. The molecule has 1 N–H and O–H groups in total. The lowest BCUT2D eigenvalue weighted by Crippen LogP contribution is -2.24. The molecule has 0 aliphatic heterocycles. The summed E-state index contributed by atoms with van der Waals surface area (Å²) in [7, 11) is 0. The molecule has 0 aromatic carbocycles. The number of carboxylic acids is 1. The second kappa shape index (κ2) is 7.84. The van der Waals surface area contributed by atoms with Gasteiger partial charge >= 0.3 is 11.9 Å². The molecule has 5 heteroatoms. The zero-order valence-corrected chi connectivity index (χ0v) is 11.3. The summed E-state index contributed by atoms with van der Waals surface area (Å²) < 4.78 is 5.08. The predicted octanol–water partition coefficient (Wildman–Crippen LogP) is 2.32. The number of unbranched alkanes of at least 4 members (excludes halogenated alkanes) is 1. The number of ketones is 1. The summed E-state index contributed by atoms with van der Waals surface area (Å²) in [5, 5.41) is 8.42. The molecule has 18 heavy (non-hydrogen) atoms. The Labute approximate surface area is 108 Å². The SMILES string of the molecule is CC(C)(C)OC(=O)CCC(=O)CCCCC(=O)O. The minimum Gasteiger partial charge on any atom is -0.481 e. The normalized spacial score (nSPS) is 11.1. The number of Topliss-reactive ketones (excluding diaryl/α,β-unsaturated/α-hetero) is 1. The van der Waals surface area contributed by atoms with Gasteiger partial charge in [-0.2, -0.15) is 0 Å². The molecular formula is C13H22O5. The molecule has 0 fully saturated rings. The number of hydrogen-bond donors (Lipinski definition) is 1. The average molecular weight is 258 g/mol. The zero-order valence-electron chi connectivity index (χ0n) is 11.3. The Morgan fingerprint density at radius 3 is 2.00 bits per heavy atom. The lowest BCUT2D eigenvalue weighted by molar-refractivity contribution is -0.155. The number of ether oxygens (including phenoxy) is 1. The topological polar surface area (TPSA) is 80.7 Å². The molecule has 0 spiro atoms. The monoisotopic (exact) mass is 258 g/mol.